The van der Waals surface area contributed by atoms with Crippen LogP contribution in [-0.2, 0) is 14.3 Å². The van der Waals surface area contributed by atoms with Gasteiger partial charge in [-0.25, -0.2) is 0 Å². The van der Waals surface area contributed by atoms with E-state index in [0.717, 1.165) is 25.7 Å². The fourth-order valence-corrected chi connectivity index (χ4v) is 2.48. The third-order valence-corrected chi connectivity index (χ3v) is 3.45. The van der Waals surface area contributed by atoms with Crippen molar-refractivity contribution in [2.24, 2.45) is 5.41 Å². The molecule has 3 heteroatoms. The maximum absolute atomic E-state index is 12.2. The standard InChI is InChI=1S/C14H22O3/c1-3-10-14(13(16)17-4-2)11-8-6-5-7-9-12(14)15/h3H,1,4-11H2,2H3. The van der Waals surface area contributed by atoms with E-state index in [1.807, 2.05) is 0 Å². The Morgan fingerprint density at radius 2 is 2.12 bits per heavy atom. The van der Waals surface area contributed by atoms with E-state index in [1.54, 1.807) is 13.0 Å². The number of carbonyl (C=O) groups excluding carboxylic acids is 2. The molecular weight excluding hydrogens is 216 g/mol. The van der Waals surface area contributed by atoms with Gasteiger partial charge in [0, 0.05) is 6.42 Å². The molecule has 0 aliphatic heterocycles. The summed E-state index contributed by atoms with van der Waals surface area (Å²) >= 11 is 0. The van der Waals surface area contributed by atoms with Gasteiger partial charge in [-0.2, -0.15) is 0 Å². The summed E-state index contributed by atoms with van der Waals surface area (Å²) in [6, 6.07) is 0. The Morgan fingerprint density at radius 1 is 1.41 bits per heavy atom. The third-order valence-electron chi connectivity index (χ3n) is 3.45. The number of Topliss-reactive ketones (excluding diaryl/α,β-unsaturated/α-hetero) is 1. The zero-order valence-electron chi connectivity index (χ0n) is 10.7. The van der Waals surface area contributed by atoms with Crippen molar-refractivity contribution in [1.82, 2.24) is 0 Å². The minimum atomic E-state index is -0.946. The van der Waals surface area contributed by atoms with Gasteiger partial charge < -0.3 is 4.74 Å². The van der Waals surface area contributed by atoms with Crippen LogP contribution < -0.4 is 0 Å². The molecule has 96 valence electrons. The smallest absolute Gasteiger partial charge is 0.319 e. The Kier molecular flexibility index (Phi) is 5.39. The molecular formula is C14H22O3. The van der Waals surface area contributed by atoms with E-state index in [2.05, 4.69) is 6.58 Å². The number of rotatable bonds is 4. The summed E-state index contributed by atoms with van der Waals surface area (Å²) in [6.07, 6.45) is 7.14. The van der Waals surface area contributed by atoms with Gasteiger partial charge in [0.25, 0.3) is 0 Å². The van der Waals surface area contributed by atoms with Crippen LogP contribution in [-0.4, -0.2) is 18.4 Å². The molecule has 0 aromatic carbocycles. The Morgan fingerprint density at radius 3 is 2.76 bits per heavy atom. The highest BCUT2D eigenvalue weighted by molar-refractivity contribution is 6.04. The van der Waals surface area contributed by atoms with Crippen molar-refractivity contribution >= 4 is 11.8 Å². The highest BCUT2D eigenvalue weighted by atomic mass is 16.5. The zero-order valence-corrected chi connectivity index (χ0v) is 10.7. The predicted molar refractivity (Wildman–Crippen MR) is 66.6 cm³/mol. The Hall–Kier alpha value is -1.12. The molecule has 1 fully saturated rings. The summed E-state index contributed by atoms with van der Waals surface area (Å²) in [6.45, 7) is 5.77. The van der Waals surface area contributed by atoms with E-state index >= 15 is 0 Å². The Labute approximate surface area is 103 Å². The average Bonchev–Trinajstić information content (AvgIpc) is 2.29. The molecule has 1 unspecified atom stereocenters. The lowest BCUT2D eigenvalue weighted by Gasteiger charge is -2.30. The van der Waals surface area contributed by atoms with Crippen molar-refractivity contribution < 1.29 is 14.3 Å². The first-order valence-corrected chi connectivity index (χ1v) is 6.49. The Bertz CT molecular complexity index is 286. The molecule has 3 nitrogen and oxygen atoms in total. The molecule has 1 aliphatic carbocycles. The van der Waals surface area contributed by atoms with Crippen molar-refractivity contribution in [2.75, 3.05) is 6.61 Å². The summed E-state index contributed by atoms with van der Waals surface area (Å²) in [7, 11) is 0. The highest BCUT2D eigenvalue weighted by Crippen LogP contribution is 2.36. The van der Waals surface area contributed by atoms with E-state index in [4.69, 9.17) is 4.74 Å². The third kappa shape index (κ3) is 3.18. The van der Waals surface area contributed by atoms with Crippen LogP contribution in [0.3, 0.4) is 0 Å². The highest BCUT2D eigenvalue weighted by Gasteiger charge is 2.45. The lowest BCUT2D eigenvalue weighted by Crippen LogP contribution is -2.41. The van der Waals surface area contributed by atoms with Crippen LogP contribution in [0.25, 0.3) is 0 Å². The molecule has 0 heterocycles. The SMILES string of the molecule is C=CCC1(C(=O)OCC)CCCCCCC1=O. The maximum atomic E-state index is 12.2. The fraction of sp³-hybridized carbons (Fsp3) is 0.714. The molecule has 0 amide bonds. The van der Waals surface area contributed by atoms with Gasteiger partial charge in [-0.3, -0.25) is 9.59 Å². The molecule has 1 aliphatic rings. The quantitative estimate of drug-likeness (QED) is 0.429. The van der Waals surface area contributed by atoms with E-state index in [0.29, 0.717) is 25.9 Å². The number of hydrogen-bond acceptors (Lipinski definition) is 3. The van der Waals surface area contributed by atoms with Crippen molar-refractivity contribution in [3.63, 3.8) is 0 Å². The van der Waals surface area contributed by atoms with Gasteiger partial charge >= 0.3 is 5.97 Å². The molecule has 1 saturated carbocycles. The number of allylic oxidation sites excluding steroid dienone is 1. The monoisotopic (exact) mass is 238 g/mol. The lowest BCUT2D eigenvalue weighted by molar-refractivity contribution is -0.161. The molecule has 0 spiro atoms. The molecule has 0 bridgehead atoms. The molecule has 0 aromatic heterocycles. The van der Waals surface area contributed by atoms with Gasteiger partial charge in [0.1, 0.15) is 11.2 Å². The number of ketones is 1. The summed E-state index contributed by atoms with van der Waals surface area (Å²) in [5.41, 5.74) is -0.946. The van der Waals surface area contributed by atoms with Gasteiger partial charge in [0.15, 0.2) is 0 Å². The van der Waals surface area contributed by atoms with E-state index in [-0.39, 0.29) is 11.8 Å². The molecule has 0 aromatic rings. The minimum absolute atomic E-state index is 0.0375. The fourth-order valence-electron chi connectivity index (χ4n) is 2.48. The summed E-state index contributed by atoms with van der Waals surface area (Å²) < 4.78 is 5.10. The Balaban J connectivity index is 2.94. The molecule has 17 heavy (non-hydrogen) atoms. The van der Waals surface area contributed by atoms with Crippen LogP contribution in [0.2, 0.25) is 0 Å². The zero-order chi connectivity index (χ0) is 12.7. The van der Waals surface area contributed by atoms with Crippen LogP contribution in [0.15, 0.2) is 12.7 Å². The second kappa shape index (κ2) is 6.58. The number of ether oxygens (including phenoxy) is 1. The number of hydrogen-bond donors (Lipinski definition) is 0. The molecule has 0 N–H and O–H groups in total. The average molecular weight is 238 g/mol. The van der Waals surface area contributed by atoms with Gasteiger partial charge in [-0.05, 0) is 26.2 Å². The first kappa shape index (κ1) is 13.9. The van der Waals surface area contributed by atoms with Crippen LogP contribution >= 0.6 is 0 Å². The summed E-state index contributed by atoms with van der Waals surface area (Å²) in [5, 5.41) is 0. The molecule has 1 atom stereocenters. The molecule has 0 radical (unpaired) electrons. The van der Waals surface area contributed by atoms with Gasteiger partial charge in [-0.1, -0.05) is 25.3 Å². The van der Waals surface area contributed by atoms with Crippen molar-refractivity contribution in [1.29, 1.82) is 0 Å². The minimum Gasteiger partial charge on any atom is -0.465 e. The van der Waals surface area contributed by atoms with Crippen LogP contribution in [0.5, 0.6) is 0 Å². The van der Waals surface area contributed by atoms with Crippen molar-refractivity contribution in [3.05, 3.63) is 12.7 Å². The predicted octanol–water partition coefficient (Wildman–Crippen LogP) is 3.04. The van der Waals surface area contributed by atoms with Crippen LogP contribution in [0.4, 0.5) is 0 Å². The number of esters is 1. The maximum Gasteiger partial charge on any atom is 0.319 e. The largest absolute Gasteiger partial charge is 0.465 e. The van der Waals surface area contributed by atoms with Gasteiger partial charge in [-0.15, -0.1) is 6.58 Å². The van der Waals surface area contributed by atoms with Crippen LogP contribution in [0, 0.1) is 5.41 Å². The summed E-state index contributed by atoms with van der Waals surface area (Å²) in [4.78, 5) is 24.3. The topological polar surface area (TPSA) is 43.4 Å². The van der Waals surface area contributed by atoms with Crippen molar-refractivity contribution in [2.45, 2.75) is 51.9 Å². The molecule has 1 rings (SSSR count). The first-order chi connectivity index (χ1) is 8.17. The second-order valence-electron chi connectivity index (χ2n) is 4.63. The normalized spacial score (nSPS) is 25.8. The summed E-state index contributed by atoms with van der Waals surface area (Å²) in [5.74, 6) is -0.317. The van der Waals surface area contributed by atoms with Crippen LogP contribution in [0.1, 0.15) is 51.9 Å². The van der Waals surface area contributed by atoms with Crippen molar-refractivity contribution in [3.8, 4) is 0 Å². The lowest BCUT2D eigenvalue weighted by atomic mass is 9.73. The van der Waals surface area contributed by atoms with E-state index < -0.39 is 5.41 Å². The first-order valence-electron chi connectivity index (χ1n) is 6.49. The van der Waals surface area contributed by atoms with Gasteiger partial charge in [0.05, 0.1) is 6.61 Å². The molecule has 0 saturated heterocycles. The second-order valence-corrected chi connectivity index (χ2v) is 4.63. The van der Waals surface area contributed by atoms with E-state index in [9.17, 15) is 9.59 Å². The van der Waals surface area contributed by atoms with E-state index in [1.165, 1.54) is 0 Å². The van der Waals surface area contributed by atoms with Gasteiger partial charge in [0.2, 0.25) is 0 Å². The number of carbonyl (C=O) groups is 2.